The zero-order valence-corrected chi connectivity index (χ0v) is 17.3. The van der Waals surface area contributed by atoms with Crippen molar-refractivity contribution < 1.29 is 14.3 Å². The Labute approximate surface area is 165 Å². The lowest BCUT2D eigenvalue weighted by Crippen LogP contribution is -2.35. The summed E-state index contributed by atoms with van der Waals surface area (Å²) in [6, 6.07) is 0.313. The molecule has 0 N–H and O–H groups in total. The van der Waals surface area contributed by atoms with Crippen LogP contribution >= 0.6 is 0 Å². The van der Waals surface area contributed by atoms with Gasteiger partial charge < -0.3 is 14.4 Å². The van der Waals surface area contributed by atoms with Crippen molar-refractivity contribution in [1.82, 2.24) is 9.80 Å². The lowest BCUT2D eigenvalue weighted by molar-refractivity contribution is -0.131. The highest BCUT2D eigenvalue weighted by Gasteiger charge is 2.17. The number of carbonyl (C=O) groups excluding carboxylic acids is 1. The van der Waals surface area contributed by atoms with E-state index in [1.165, 1.54) is 19.3 Å². The molecule has 0 radical (unpaired) electrons. The molecule has 154 valence electrons. The molecule has 0 aromatic carbocycles. The molecule has 1 fully saturated rings. The fourth-order valence-electron chi connectivity index (χ4n) is 3.48. The van der Waals surface area contributed by atoms with E-state index >= 15 is 0 Å². The average Bonchev–Trinajstić information content (AvgIpc) is 2.70. The predicted octanol–water partition coefficient (Wildman–Crippen LogP) is 3.76. The van der Waals surface area contributed by atoms with Crippen LogP contribution in [0.1, 0.15) is 58.8 Å². The summed E-state index contributed by atoms with van der Waals surface area (Å²) in [7, 11) is 0. The van der Waals surface area contributed by atoms with E-state index in [9.17, 15) is 4.79 Å². The second-order valence-electron chi connectivity index (χ2n) is 7.68. The van der Waals surface area contributed by atoms with Crippen molar-refractivity contribution in [2.24, 2.45) is 0 Å². The van der Waals surface area contributed by atoms with Crippen molar-refractivity contribution in [3.63, 3.8) is 0 Å². The Morgan fingerprint density at radius 2 is 1.93 bits per heavy atom. The monoisotopic (exact) mass is 378 g/mol. The number of carbonyl (C=O) groups is 1. The third-order valence-electron chi connectivity index (χ3n) is 5.31. The fourth-order valence-corrected chi connectivity index (χ4v) is 3.48. The molecule has 0 aromatic rings. The molecule has 1 atom stereocenters. The summed E-state index contributed by atoms with van der Waals surface area (Å²) in [6.07, 6.45) is 13.6. The molecule has 2 aliphatic rings. The van der Waals surface area contributed by atoms with Gasteiger partial charge >= 0.3 is 0 Å². The highest BCUT2D eigenvalue weighted by molar-refractivity contribution is 5.79. The van der Waals surface area contributed by atoms with E-state index in [4.69, 9.17) is 9.47 Å². The average molecular weight is 379 g/mol. The van der Waals surface area contributed by atoms with Gasteiger partial charge in [-0.1, -0.05) is 31.6 Å². The van der Waals surface area contributed by atoms with Crippen molar-refractivity contribution >= 4 is 5.91 Å². The van der Waals surface area contributed by atoms with Crippen LogP contribution < -0.4 is 0 Å². The number of likely N-dealkylation sites (tertiary alicyclic amines) is 1. The number of rotatable bonds is 5. The summed E-state index contributed by atoms with van der Waals surface area (Å²) in [4.78, 5) is 17.0. The maximum absolute atomic E-state index is 12.6. The second-order valence-corrected chi connectivity index (χ2v) is 7.68. The molecule has 0 spiro atoms. The van der Waals surface area contributed by atoms with Crippen LogP contribution in [0.15, 0.2) is 23.8 Å². The first-order valence-corrected chi connectivity index (χ1v) is 10.7. The third-order valence-corrected chi connectivity index (χ3v) is 5.31. The van der Waals surface area contributed by atoms with Crippen LogP contribution in [-0.2, 0) is 14.3 Å². The largest absolute Gasteiger partial charge is 0.377 e. The predicted molar refractivity (Wildman–Crippen MR) is 110 cm³/mol. The van der Waals surface area contributed by atoms with E-state index in [1.54, 1.807) is 0 Å². The van der Waals surface area contributed by atoms with Crippen molar-refractivity contribution in [1.29, 1.82) is 0 Å². The van der Waals surface area contributed by atoms with Gasteiger partial charge in [-0.05, 0) is 44.6 Å². The molecule has 1 unspecified atom stereocenters. The number of hydrogen-bond acceptors (Lipinski definition) is 4. The van der Waals surface area contributed by atoms with Crippen LogP contribution in [0, 0.1) is 0 Å². The van der Waals surface area contributed by atoms with E-state index in [2.05, 4.69) is 37.0 Å². The molecule has 1 amide bonds. The van der Waals surface area contributed by atoms with Gasteiger partial charge in [-0.3, -0.25) is 9.69 Å². The van der Waals surface area contributed by atoms with E-state index in [-0.39, 0.29) is 5.91 Å². The van der Waals surface area contributed by atoms with Gasteiger partial charge in [-0.15, -0.1) is 0 Å². The summed E-state index contributed by atoms with van der Waals surface area (Å²) in [5, 5.41) is 0. The SMILES string of the molecule is CCCCN1COCCCOCC(CC(=O)N2CCCCC2)=CC=CC1C. The smallest absolute Gasteiger partial charge is 0.226 e. The topological polar surface area (TPSA) is 42.0 Å². The molecular formula is C22H38N2O3. The maximum atomic E-state index is 12.6. The minimum atomic E-state index is 0.239. The van der Waals surface area contributed by atoms with E-state index in [0.717, 1.165) is 44.5 Å². The maximum Gasteiger partial charge on any atom is 0.226 e. The lowest BCUT2D eigenvalue weighted by atomic mass is 10.1. The molecule has 2 aliphatic heterocycles. The molecule has 0 saturated carbocycles. The fraction of sp³-hybridized carbons (Fsp3) is 0.773. The lowest BCUT2D eigenvalue weighted by Gasteiger charge is -2.27. The van der Waals surface area contributed by atoms with Gasteiger partial charge in [0.15, 0.2) is 0 Å². The Morgan fingerprint density at radius 1 is 1.15 bits per heavy atom. The Hall–Kier alpha value is -1.17. The van der Waals surface area contributed by atoms with Crippen molar-refractivity contribution in [3.8, 4) is 0 Å². The molecular weight excluding hydrogens is 340 g/mol. The molecule has 27 heavy (non-hydrogen) atoms. The third kappa shape index (κ3) is 8.58. The molecule has 0 aromatic heterocycles. The van der Waals surface area contributed by atoms with Crippen LogP contribution in [0.3, 0.4) is 0 Å². The number of ether oxygens (including phenoxy) is 2. The summed E-state index contributed by atoms with van der Waals surface area (Å²) in [5.74, 6) is 0.239. The van der Waals surface area contributed by atoms with Crippen molar-refractivity contribution in [3.05, 3.63) is 23.8 Å². The number of nitrogens with zero attached hydrogens (tertiary/aromatic N) is 2. The van der Waals surface area contributed by atoms with Crippen LogP contribution in [-0.4, -0.2) is 67.9 Å². The molecule has 2 heterocycles. The van der Waals surface area contributed by atoms with Gasteiger partial charge in [0.2, 0.25) is 5.91 Å². The first-order valence-electron chi connectivity index (χ1n) is 10.7. The normalized spacial score (nSPS) is 23.9. The quantitative estimate of drug-likeness (QED) is 0.731. The van der Waals surface area contributed by atoms with Gasteiger partial charge in [-0.2, -0.15) is 0 Å². The molecule has 5 heteroatoms. The number of piperidine rings is 1. The second kappa shape index (κ2) is 13.1. The van der Waals surface area contributed by atoms with E-state index < -0.39 is 0 Å². The molecule has 2 rings (SSSR count). The first-order chi connectivity index (χ1) is 13.2. The van der Waals surface area contributed by atoms with Crippen molar-refractivity contribution in [2.75, 3.05) is 46.2 Å². The van der Waals surface area contributed by atoms with Crippen LogP contribution in [0.25, 0.3) is 0 Å². The van der Waals surface area contributed by atoms with Gasteiger partial charge in [0.25, 0.3) is 0 Å². The Kier molecular flexibility index (Phi) is 10.7. The zero-order valence-electron chi connectivity index (χ0n) is 17.3. The van der Waals surface area contributed by atoms with E-state index in [0.29, 0.717) is 39.0 Å². The number of allylic oxidation sites excluding steroid dienone is 2. The molecule has 5 nitrogen and oxygen atoms in total. The number of amides is 1. The highest BCUT2D eigenvalue weighted by atomic mass is 16.5. The number of unbranched alkanes of at least 4 members (excludes halogenated alkanes) is 1. The van der Waals surface area contributed by atoms with Crippen LogP contribution in [0.5, 0.6) is 0 Å². The number of hydrogen-bond donors (Lipinski definition) is 0. The van der Waals surface area contributed by atoms with Gasteiger partial charge in [0.05, 0.1) is 26.4 Å². The zero-order chi connectivity index (χ0) is 19.3. The van der Waals surface area contributed by atoms with Gasteiger partial charge in [0.1, 0.15) is 0 Å². The Balaban J connectivity index is 1.98. The van der Waals surface area contributed by atoms with Crippen molar-refractivity contribution in [2.45, 2.75) is 64.8 Å². The molecule has 0 bridgehead atoms. The summed E-state index contributed by atoms with van der Waals surface area (Å²) >= 11 is 0. The highest BCUT2D eigenvalue weighted by Crippen LogP contribution is 2.14. The van der Waals surface area contributed by atoms with Crippen LogP contribution in [0.2, 0.25) is 0 Å². The molecule has 0 aliphatic carbocycles. The van der Waals surface area contributed by atoms with Gasteiger partial charge in [-0.25, -0.2) is 0 Å². The summed E-state index contributed by atoms with van der Waals surface area (Å²) in [5.41, 5.74) is 1.06. The van der Waals surface area contributed by atoms with E-state index in [1.807, 2.05) is 4.90 Å². The minimum Gasteiger partial charge on any atom is -0.377 e. The standard InChI is InChI=1S/C22H38N2O3/c1-3-4-12-24-19-27-16-9-15-26-18-21(11-8-10-20(24)2)17-22(25)23-13-6-5-7-14-23/h8,10-11,20H,3-7,9,12-19H2,1-2H3. The first kappa shape index (κ1) is 22.1. The summed E-state index contributed by atoms with van der Waals surface area (Å²) in [6.45, 7) is 9.85. The minimum absolute atomic E-state index is 0.239. The van der Waals surface area contributed by atoms with Crippen LogP contribution in [0.4, 0.5) is 0 Å². The summed E-state index contributed by atoms with van der Waals surface area (Å²) < 4.78 is 11.6. The Bertz CT molecular complexity index is 484. The Morgan fingerprint density at radius 3 is 2.70 bits per heavy atom. The van der Waals surface area contributed by atoms with Gasteiger partial charge in [0, 0.05) is 32.3 Å². The molecule has 1 saturated heterocycles.